The van der Waals surface area contributed by atoms with Gasteiger partial charge >= 0.3 is 0 Å². The van der Waals surface area contributed by atoms with Gasteiger partial charge in [-0.05, 0) is 24.2 Å². The maximum Gasteiger partial charge on any atom is -0.0365 e. The smallest absolute Gasteiger partial charge is 0.0365 e. The monoisotopic (exact) mass is 198 g/mol. The molecule has 0 aromatic heterocycles. The largest absolute Gasteiger partial charge is 0.0654 e. The summed E-state index contributed by atoms with van der Waals surface area (Å²) in [6.07, 6.45) is 8.46. The molecular formula is C14H30. The Morgan fingerprint density at radius 1 is 0.857 bits per heavy atom. The predicted octanol–water partition coefficient (Wildman–Crippen LogP) is 5.28. The minimum Gasteiger partial charge on any atom is -0.0654 e. The van der Waals surface area contributed by atoms with Gasteiger partial charge in [0.25, 0.3) is 0 Å². The molecule has 2 atom stereocenters. The van der Waals surface area contributed by atoms with Crippen molar-refractivity contribution in [2.45, 2.75) is 73.1 Å². The average molecular weight is 198 g/mol. The summed E-state index contributed by atoms with van der Waals surface area (Å²) < 4.78 is 0. The van der Waals surface area contributed by atoms with Crippen molar-refractivity contribution in [1.29, 1.82) is 0 Å². The normalized spacial score (nSPS) is 15.9. The molecular weight excluding hydrogens is 168 g/mol. The van der Waals surface area contributed by atoms with Gasteiger partial charge in [-0.2, -0.15) is 0 Å². The van der Waals surface area contributed by atoms with Crippen LogP contribution in [0, 0.1) is 17.8 Å². The van der Waals surface area contributed by atoms with Gasteiger partial charge in [-0.15, -0.1) is 0 Å². The zero-order valence-electron chi connectivity index (χ0n) is 11.0. The van der Waals surface area contributed by atoms with E-state index in [1.165, 1.54) is 38.5 Å². The van der Waals surface area contributed by atoms with E-state index in [9.17, 15) is 0 Å². The van der Waals surface area contributed by atoms with Crippen LogP contribution in [0.4, 0.5) is 0 Å². The molecule has 0 rings (SSSR count). The molecule has 0 spiro atoms. The second-order valence-electron chi connectivity index (χ2n) is 5.14. The van der Waals surface area contributed by atoms with E-state index < -0.39 is 0 Å². The standard InChI is InChI=1S/C14H30/c1-6-8-9-10-11-14(12(3)4)13(5)7-2/h12-14H,6-11H2,1-5H3. The molecule has 86 valence electrons. The minimum atomic E-state index is 0.867. The molecule has 2 unspecified atom stereocenters. The van der Waals surface area contributed by atoms with E-state index in [4.69, 9.17) is 0 Å². The molecule has 0 aromatic rings. The lowest BCUT2D eigenvalue weighted by Crippen LogP contribution is -2.17. The van der Waals surface area contributed by atoms with E-state index in [2.05, 4.69) is 34.6 Å². The van der Waals surface area contributed by atoms with E-state index in [0.29, 0.717) is 0 Å². The molecule has 14 heavy (non-hydrogen) atoms. The summed E-state index contributed by atoms with van der Waals surface area (Å²) in [6, 6.07) is 0. The first-order valence-electron chi connectivity index (χ1n) is 6.63. The summed E-state index contributed by atoms with van der Waals surface area (Å²) in [5.74, 6) is 2.74. The van der Waals surface area contributed by atoms with Gasteiger partial charge in [-0.25, -0.2) is 0 Å². The Labute approximate surface area is 91.5 Å². The first kappa shape index (κ1) is 14.0. The lowest BCUT2D eigenvalue weighted by molar-refractivity contribution is 0.240. The molecule has 0 N–H and O–H groups in total. The summed E-state index contributed by atoms with van der Waals surface area (Å²) in [7, 11) is 0. The Hall–Kier alpha value is 0. The van der Waals surface area contributed by atoms with Crippen LogP contribution in [0.15, 0.2) is 0 Å². The Balaban J connectivity index is 3.74. The summed E-state index contributed by atoms with van der Waals surface area (Å²) in [5.41, 5.74) is 0. The van der Waals surface area contributed by atoms with Crippen LogP contribution in [0.2, 0.25) is 0 Å². The van der Waals surface area contributed by atoms with Crippen LogP contribution >= 0.6 is 0 Å². The van der Waals surface area contributed by atoms with Crippen LogP contribution in [-0.2, 0) is 0 Å². The molecule has 0 aliphatic heterocycles. The SMILES string of the molecule is CCCCCCC(C(C)C)C(C)CC. The van der Waals surface area contributed by atoms with E-state index in [1.807, 2.05) is 0 Å². The maximum absolute atomic E-state index is 2.42. The highest BCUT2D eigenvalue weighted by atomic mass is 14.2. The highest BCUT2D eigenvalue weighted by Gasteiger charge is 2.18. The Bertz CT molecular complexity index is 115. The lowest BCUT2D eigenvalue weighted by Gasteiger charge is -2.26. The summed E-state index contributed by atoms with van der Waals surface area (Å²) in [4.78, 5) is 0. The summed E-state index contributed by atoms with van der Waals surface area (Å²) in [6.45, 7) is 11.8. The molecule has 0 bridgehead atoms. The van der Waals surface area contributed by atoms with Crippen molar-refractivity contribution in [3.05, 3.63) is 0 Å². The topological polar surface area (TPSA) is 0 Å². The van der Waals surface area contributed by atoms with Crippen molar-refractivity contribution in [2.24, 2.45) is 17.8 Å². The molecule has 0 saturated carbocycles. The quantitative estimate of drug-likeness (QED) is 0.466. The van der Waals surface area contributed by atoms with Crippen molar-refractivity contribution in [3.8, 4) is 0 Å². The number of hydrogen-bond donors (Lipinski definition) is 0. The van der Waals surface area contributed by atoms with E-state index >= 15 is 0 Å². The zero-order chi connectivity index (χ0) is 11.0. The van der Waals surface area contributed by atoms with Crippen molar-refractivity contribution in [3.63, 3.8) is 0 Å². The van der Waals surface area contributed by atoms with Gasteiger partial charge < -0.3 is 0 Å². The first-order valence-corrected chi connectivity index (χ1v) is 6.63. The lowest BCUT2D eigenvalue weighted by atomic mass is 9.79. The Morgan fingerprint density at radius 3 is 1.93 bits per heavy atom. The van der Waals surface area contributed by atoms with Gasteiger partial charge in [0.05, 0.1) is 0 Å². The van der Waals surface area contributed by atoms with Crippen LogP contribution in [0.3, 0.4) is 0 Å². The molecule has 0 heterocycles. The molecule has 0 aliphatic carbocycles. The first-order chi connectivity index (χ1) is 6.63. The molecule has 0 nitrogen and oxygen atoms in total. The van der Waals surface area contributed by atoms with Crippen molar-refractivity contribution >= 4 is 0 Å². The average Bonchev–Trinajstić information content (AvgIpc) is 2.16. The summed E-state index contributed by atoms with van der Waals surface area (Å²) >= 11 is 0. The van der Waals surface area contributed by atoms with E-state index in [-0.39, 0.29) is 0 Å². The molecule has 0 amide bonds. The number of hydrogen-bond acceptors (Lipinski definition) is 0. The third kappa shape index (κ3) is 5.67. The second kappa shape index (κ2) is 8.32. The van der Waals surface area contributed by atoms with Gasteiger partial charge in [0.1, 0.15) is 0 Å². The zero-order valence-corrected chi connectivity index (χ0v) is 11.0. The van der Waals surface area contributed by atoms with Gasteiger partial charge in [-0.3, -0.25) is 0 Å². The van der Waals surface area contributed by atoms with Crippen molar-refractivity contribution in [1.82, 2.24) is 0 Å². The van der Waals surface area contributed by atoms with Crippen LogP contribution in [0.25, 0.3) is 0 Å². The Kier molecular flexibility index (Phi) is 8.32. The minimum absolute atomic E-state index is 0.867. The fourth-order valence-electron chi connectivity index (χ4n) is 2.38. The molecule has 0 radical (unpaired) electrons. The number of unbranched alkanes of at least 4 members (excludes halogenated alkanes) is 3. The predicted molar refractivity (Wildman–Crippen MR) is 66.5 cm³/mol. The fraction of sp³-hybridized carbons (Fsp3) is 1.00. The third-order valence-electron chi connectivity index (χ3n) is 3.62. The molecule has 0 aromatic carbocycles. The van der Waals surface area contributed by atoms with Crippen LogP contribution in [0.1, 0.15) is 73.1 Å². The molecule has 0 aliphatic rings. The Morgan fingerprint density at radius 2 is 1.50 bits per heavy atom. The van der Waals surface area contributed by atoms with Crippen molar-refractivity contribution < 1.29 is 0 Å². The van der Waals surface area contributed by atoms with Gasteiger partial charge in [0.2, 0.25) is 0 Å². The number of rotatable bonds is 8. The van der Waals surface area contributed by atoms with Gasteiger partial charge in [0, 0.05) is 0 Å². The van der Waals surface area contributed by atoms with Crippen LogP contribution in [-0.4, -0.2) is 0 Å². The fourth-order valence-corrected chi connectivity index (χ4v) is 2.38. The highest BCUT2D eigenvalue weighted by Crippen LogP contribution is 2.28. The highest BCUT2D eigenvalue weighted by molar-refractivity contribution is 4.68. The third-order valence-corrected chi connectivity index (χ3v) is 3.62. The maximum atomic E-state index is 2.42. The van der Waals surface area contributed by atoms with E-state index in [0.717, 1.165) is 17.8 Å². The van der Waals surface area contributed by atoms with Crippen molar-refractivity contribution in [2.75, 3.05) is 0 Å². The van der Waals surface area contributed by atoms with E-state index in [1.54, 1.807) is 0 Å². The molecule has 0 fully saturated rings. The van der Waals surface area contributed by atoms with Gasteiger partial charge in [-0.1, -0.05) is 66.7 Å². The molecule has 0 saturated heterocycles. The summed E-state index contributed by atoms with van der Waals surface area (Å²) in [5, 5.41) is 0. The van der Waals surface area contributed by atoms with Crippen LogP contribution < -0.4 is 0 Å². The molecule has 0 heteroatoms. The van der Waals surface area contributed by atoms with Crippen LogP contribution in [0.5, 0.6) is 0 Å². The van der Waals surface area contributed by atoms with Gasteiger partial charge in [0.15, 0.2) is 0 Å². The second-order valence-corrected chi connectivity index (χ2v) is 5.14.